The van der Waals surface area contributed by atoms with Gasteiger partial charge in [-0.15, -0.1) is 0 Å². The molecule has 1 aromatic carbocycles. The van der Waals surface area contributed by atoms with Crippen LogP contribution in [0, 0.1) is 10.1 Å². The topological polar surface area (TPSA) is 61.6 Å². The summed E-state index contributed by atoms with van der Waals surface area (Å²) < 4.78 is 10.9. The molecule has 86 valence electrons. The van der Waals surface area contributed by atoms with Gasteiger partial charge in [-0.2, -0.15) is 0 Å². The van der Waals surface area contributed by atoms with E-state index in [0.717, 1.165) is 6.20 Å². The van der Waals surface area contributed by atoms with Gasteiger partial charge in [0.2, 0.25) is 6.20 Å². The number of benzene rings is 1. The Labute approximate surface area is 101 Å². The molecule has 0 atom stereocenters. The number of nitro groups is 1. The molecule has 0 amide bonds. The highest BCUT2D eigenvalue weighted by Crippen LogP contribution is 2.36. The van der Waals surface area contributed by atoms with E-state index in [2.05, 4.69) is 15.9 Å². The van der Waals surface area contributed by atoms with Crippen molar-refractivity contribution in [3.05, 3.63) is 38.5 Å². The molecule has 0 aromatic heterocycles. The minimum absolute atomic E-state index is 0.514. The molecule has 0 N–H and O–H groups in total. The highest BCUT2D eigenvalue weighted by atomic mass is 79.9. The van der Waals surface area contributed by atoms with Crippen molar-refractivity contribution >= 4 is 22.0 Å². The van der Waals surface area contributed by atoms with Crippen LogP contribution in [-0.4, -0.2) is 19.1 Å². The molecule has 0 aliphatic heterocycles. The number of hydrogen-bond donors (Lipinski definition) is 0. The summed E-state index contributed by atoms with van der Waals surface area (Å²) in [5, 5.41) is 10.2. The zero-order valence-corrected chi connectivity index (χ0v) is 10.4. The van der Waals surface area contributed by atoms with Crippen molar-refractivity contribution in [2.75, 3.05) is 14.2 Å². The van der Waals surface area contributed by atoms with Crippen molar-refractivity contribution in [2.24, 2.45) is 0 Å². The molecule has 0 saturated heterocycles. The second-order valence-corrected chi connectivity index (χ2v) is 3.69. The summed E-state index contributed by atoms with van der Waals surface area (Å²) in [4.78, 5) is 9.66. The number of ether oxygens (including phenoxy) is 2. The number of halogens is 1. The lowest BCUT2D eigenvalue weighted by molar-refractivity contribution is -0.400. The van der Waals surface area contributed by atoms with Crippen LogP contribution >= 0.6 is 15.9 Å². The smallest absolute Gasteiger partial charge is 0.235 e. The van der Waals surface area contributed by atoms with E-state index < -0.39 is 4.92 Å². The Morgan fingerprint density at radius 2 is 2.06 bits per heavy atom. The fraction of sp³-hybridized carbons (Fsp3) is 0.200. The molecule has 16 heavy (non-hydrogen) atoms. The minimum atomic E-state index is -0.523. The van der Waals surface area contributed by atoms with E-state index in [9.17, 15) is 10.1 Å². The first-order chi connectivity index (χ1) is 7.58. The SMILES string of the molecule is COc1cc(C=C[N+](=O)[O-])cc(Br)c1OC. The maximum absolute atomic E-state index is 10.2. The van der Waals surface area contributed by atoms with Gasteiger partial charge < -0.3 is 9.47 Å². The van der Waals surface area contributed by atoms with E-state index in [4.69, 9.17) is 9.47 Å². The molecule has 1 aromatic rings. The van der Waals surface area contributed by atoms with Crippen LogP contribution in [0.1, 0.15) is 5.56 Å². The third-order valence-electron chi connectivity index (χ3n) is 1.84. The summed E-state index contributed by atoms with van der Waals surface area (Å²) in [6.45, 7) is 0. The number of nitrogens with zero attached hydrogens (tertiary/aromatic N) is 1. The van der Waals surface area contributed by atoms with Crippen LogP contribution in [0.3, 0.4) is 0 Å². The van der Waals surface area contributed by atoms with Crippen LogP contribution in [-0.2, 0) is 0 Å². The third kappa shape index (κ3) is 2.96. The Balaban J connectivity index is 3.15. The summed E-state index contributed by atoms with van der Waals surface area (Å²) >= 11 is 3.30. The lowest BCUT2D eigenvalue weighted by atomic mass is 10.2. The molecule has 0 spiro atoms. The second-order valence-electron chi connectivity index (χ2n) is 2.84. The molecule has 0 aliphatic carbocycles. The van der Waals surface area contributed by atoms with Gasteiger partial charge >= 0.3 is 0 Å². The fourth-order valence-electron chi connectivity index (χ4n) is 1.18. The largest absolute Gasteiger partial charge is 0.493 e. The Morgan fingerprint density at radius 3 is 2.56 bits per heavy atom. The van der Waals surface area contributed by atoms with E-state index >= 15 is 0 Å². The number of methoxy groups -OCH3 is 2. The maximum Gasteiger partial charge on any atom is 0.235 e. The maximum atomic E-state index is 10.2. The van der Waals surface area contributed by atoms with Crippen molar-refractivity contribution in [3.63, 3.8) is 0 Å². The number of hydrogen-bond acceptors (Lipinski definition) is 4. The highest BCUT2D eigenvalue weighted by Gasteiger charge is 2.09. The summed E-state index contributed by atoms with van der Waals surface area (Å²) in [6.07, 6.45) is 2.25. The van der Waals surface area contributed by atoms with Crippen molar-refractivity contribution < 1.29 is 14.4 Å². The Morgan fingerprint density at radius 1 is 1.38 bits per heavy atom. The molecule has 0 aliphatic rings. The second kappa shape index (κ2) is 5.50. The van der Waals surface area contributed by atoms with Gasteiger partial charge in [-0.05, 0) is 33.6 Å². The zero-order chi connectivity index (χ0) is 12.1. The first kappa shape index (κ1) is 12.5. The lowest BCUT2D eigenvalue weighted by Gasteiger charge is -2.09. The number of rotatable bonds is 4. The van der Waals surface area contributed by atoms with Crippen LogP contribution in [0.25, 0.3) is 6.08 Å². The molecule has 0 fully saturated rings. The van der Waals surface area contributed by atoms with Gasteiger partial charge in [0, 0.05) is 6.08 Å². The first-order valence-corrected chi connectivity index (χ1v) is 5.11. The van der Waals surface area contributed by atoms with Crippen LogP contribution in [0.5, 0.6) is 11.5 Å². The predicted molar refractivity (Wildman–Crippen MR) is 63.3 cm³/mol. The molecular weight excluding hydrogens is 278 g/mol. The molecular formula is C10H10BrNO4. The van der Waals surface area contributed by atoms with Crippen LogP contribution in [0.15, 0.2) is 22.8 Å². The van der Waals surface area contributed by atoms with Crippen molar-refractivity contribution in [3.8, 4) is 11.5 Å². The van der Waals surface area contributed by atoms with E-state index in [1.807, 2.05) is 0 Å². The predicted octanol–water partition coefficient (Wildman–Crippen LogP) is 2.71. The third-order valence-corrected chi connectivity index (χ3v) is 2.43. The van der Waals surface area contributed by atoms with E-state index in [-0.39, 0.29) is 0 Å². The molecule has 1 rings (SSSR count). The van der Waals surface area contributed by atoms with E-state index in [0.29, 0.717) is 21.5 Å². The molecule has 0 unspecified atom stereocenters. The van der Waals surface area contributed by atoms with Gasteiger partial charge in [0.15, 0.2) is 11.5 Å². The summed E-state index contributed by atoms with van der Waals surface area (Å²) in [6, 6.07) is 3.37. The molecule has 6 heteroatoms. The van der Waals surface area contributed by atoms with E-state index in [1.54, 1.807) is 12.1 Å². The van der Waals surface area contributed by atoms with Crippen molar-refractivity contribution in [2.45, 2.75) is 0 Å². The Hall–Kier alpha value is -1.56. The summed E-state index contributed by atoms with van der Waals surface area (Å²) in [7, 11) is 3.03. The van der Waals surface area contributed by atoms with Crippen molar-refractivity contribution in [1.82, 2.24) is 0 Å². The van der Waals surface area contributed by atoms with Gasteiger partial charge in [0.25, 0.3) is 0 Å². The van der Waals surface area contributed by atoms with Crippen LogP contribution < -0.4 is 9.47 Å². The molecule has 0 radical (unpaired) electrons. The Kier molecular flexibility index (Phi) is 4.30. The molecule has 5 nitrogen and oxygen atoms in total. The van der Waals surface area contributed by atoms with E-state index in [1.165, 1.54) is 20.3 Å². The highest BCUT2D eigenvalue weighted by molar-refractivity contribution is 9.10. The van der Waals surface area contributed by atoms with Gasteiger partial charge in [-0.3, -0.25) is 10.1 Å². The standard InChI is InChI=1S/C10H10BrNO4/c1-15-9-6-7(3-4-12(13)14)5-8(11)10(9)16-2/h3-6H,1-2H3. The minimum Gasteiger partial charge on any atom is -0.493 e. The van der Waals surface area contributed by atoms with Gasteiger partial charge in [0.1, 0.15) is 0 Å². The molecule has 0 heterocycles. The van der Waals surface area contributed by atoms with Gasteiger partial charge in [-0.1, -0.05) is 0 Å². The molecule has 0 bridgehead atoms. The fourth-order valence-corrected chi connectivity index (χ4v) is 1.80. The van der Waals surface area contributed by atoms with Crippen molar-refractivity contribution in [1.29, 1.82) is 0 Å². The van der Waals surface area contributed by atoms with Gasteiger partial charge in [0.05, 0.1) is 23.6 Å². The summed E-state index contributed by atoms with van der Waals surface area (Å²) in [5.41, 5.74) is 0.654. The van der Waals surface area contributed by atoms with Crippen LogP contribution in [0.2, 0.25) is 0 Å². The lowest BCUT2D eigenvalue weighted by Crippen LogP contribution is -1.92. The molecule has 0 saturated carbocycles. The monoisotopic (exact) mass is 287 g/mol. The zero-order valence-electron chi connectivity index (χ0n) is 8.77. The first-order valence-electron chi connectivity index (χ1n) is 4.31. The van der Waals surface area contributed by atoms with Crippen LogP contribution in [0.4, 0.5) is 0 Å². The Bertz CT molecular complexity index is 431. The summed E-state index contributed by atoms with van der Waals surface area (Å²) in [5.74, 6) is 1.07. The quantitative estimate of drug-likeness (QED) is 0.631. The normalized spacial score (nSPS) is 10.4. The van der Waals surface area contributed by atoms with Gasteiger partial charge in [-0.25, -0.2) is 0 Å². The average Bonchev–Trinajstić information content (AvgIpc) is 2.25. The average molecular weight is 288 g/mol.